The van der Waals surface area contributed by atoms with Gasteiger partial charge in [-0.25, -0.2) is 0 Å². The van der Waals surface area contributed by atoms with Gasteiger partial charge in [0.05, 0.1) is 18.6 Å². The Balaban J connectivity index is 2.19. The smallest absolute Gasteiger partial charge is 0.292 e. The van der Waals surface area contributed by atoms with Gasteiger partial charge in [-0.3, -0.25) is 10.1 Å². The fourth-order valence-corrected chi connectivity index (χ4v) is 1.53. The van der Waals surface area contributed by atoms with E-state index in [9.17, 15) is 10.1 Å². The molecule has 0 saturated heterocycles. The minimum atomic E-state index is -0.471. The van der Waals surface area contributed by atoms with Crippen LogP contribution in [0.5, 0.6) is 5.75 Å². The van der Waals surface area contributed by atoms with Gasteiger partial charge < -0.3 is 14.6 Å². The van der Waals surface area contributed by atoms with Crippen molar-refractivity contribution >= 4 is 11.4 Å². The van der Waals surface area contributed by atoms with Crippen LogP contribution in [0.4, 0.5) is 11.4 Å². The van der Waals surface area contributed by atoms with Gasteiger partial charge in [0, 0.05) is 12.1 Å². The number of benzene rings is 1. The second kappa shape index (κ2) is 5.34. The number of nitro groups is 1. The zero-order valence-electron chi connectivity index (χ0n) is 10.4. The number of methoxy groups -OCH3 is 1. The van der Waals surface area contributed by atoms with E-state index in [1.807, 2.05) is 0 Å². The van der Waals surface area contributed by atoms with E-state index in [0.29, 0.717) is 23.2 Å². The van der Waals surface area contributed by atoms with E-state index in [-0.39, 0.29) is 12.2 Å². The van der Waals surface area contributed by atoms with Gasteiger partial charge in [-0.1, -0.05) is 5.16 Å². The molecule has 2 aromatic rings. The van der Waals surface area contributed by atoms with Gasteiger partial charge in [0.25, 0.3) is 5.69 Å². The number of ether oxygens (including phenoxy) is 1. The van der Waals surface area contributed by atoms with Crippen molar-refractivity contribution in [1.82, 2.24) is 10.1 Å². The summed E-state index contributed by atoms with van der Waals surface area (Å²) in [5.74, 6) is 1.39. The summed E-state index contributed by atoms with van der Waals surface area (Å²) in [4.78, 5) is 14.4. The summed E-state index contributed by atoms with van der Waals surface area (Å²) in [6.07, 6.45) is 0. The molecule has 0 atom stereocenters. The topological polar surface area (TPSA) is 103 Å². The lowest BCUT2D eigenvalue weighted by Gasteiger charge is -2.06. The first kappa shape index (κ1) is 12.8. The molecule has 0 amide bonds. The van der Waals surface area contributed by atoms with Crippen LogP contribution in [0.1, 0.15) is 11.7 Å². The lowest BCUT2D eigenvalue weighted by atomic mass is 10.2. The molecule has 0 radical (unpaired) electrons. The van der Waals surface area contributed by atoms with Crippen LogP contribution in [0.25, 0.3) is 0 Å². The Labute approximate surface area is 108 Å². The monoisotopic (exact) mass is 264 g/mol. The number of nitrogens with zero attached hydrogens (tertiary/aromatic N) is 3. The van der Waals surface area contributed by atoms with Crippen molar-refractivity contribution in [3.8, 4) is 5.75 Å². The Hall–Kier alpha value is -2.64. The van der Waals surface area contributed by atoms with Crippen molar-refractivity contribution in [2.45, 2.75) is 13.5 Å². The molecular formula is C11H12N4O4. The highest BCUT2D eigenvalue weighted by atomic mass is 16.6. The van der Waals surface area contributed by atoms with Gasteiger partial charge in [-0.15, -0.1) is 0 Å². The van der Waals surface area contributed by atoms with E-state index in [1.165, 1.54) is 19.2 Å². The van der Waals surface area contributed by atoms with Gasteiger partial charge >= 0.3 is 0 Å². The van der Waals surface area contributed by atoms with Crippen molar-refractivity contribution in [1.29, 1.82) is 0 Å². The zero-order valence-corrected chi connectivity index (χ0v) is 10.4. The number of anilines is 1. The third kappa shape index (κ3) is 2.97. The van der Waals surface area contributed by atoms with Gasteiger partial charge in [0.2, 0.25) is 5.89 Å². The molecule has 0 unspecified atom stereocenters. The second-order valence-electron chi connectivity index (χ2n) is 3.73. The van der Waals surface area contributed by atoms with E-state index in [2.05, 4.69) is 15.5 Å². The summed E-state index contributed by atoms with van der Waals surface area (Å²) in [6.45, 7) is 1.90. The third-order valence-corrected chi connectivity index (χ3v) is 2.40. The first-order chi connectivity index (χ1) is 9.10. The maximum Gasteiger partial charge on any atom is 0.292 e. The number of rotatable bonds is 5. The molecule has 0 spiro atoms. The highest BCUT2D eigenvalue weighted by molar-refractivity contribution is 5.64. The van der Waals surface area contributed by atoms with Gasteiger partial charge in [-0.05, 0) is 13.0 Å². The van der Waals surface area contributed by atoms with Crippen LogP contribution < -0.4 is 10.1 Å². The number of nitro benzene ring substituents is 1. The molecule has 8 nitrogen and oxygen atoms in total. The quantitative estimate of drug-likeness (QED) is 0.649. The van der Waals surface area contributed by atoms with Crippen LogP contribution in [0.2, 0.25) is 0 Å². The summed E-state index contributed by atoms with van der Waals surface area (Å²) in [5, 5.41) is 17.4. The standard InChI is InChI=1S/C11H12N4O4/c1-7-13-11(19-14-7)6-12-9-5-8(18-2)3-4-10(9)15(16)17/h3-5,12H,6H2,1-2H3. The summed E-state index contributed by atoms with van der Waals surface area (Å²) in [5.41, 5.74) is 0.289. The SMILES string of the molecule is COc1ccc([N+](=O)[O-])c(NCc2nc(C)no2)c1. The molecule has 100 valence electrons. The maximum atomic E-state index is 10.9. The van der Waals surface area contributed by atoms with Gasteiger partial charge in [0.15, 0.2) is 5.82 Å². The first-order valence-corrected chi connectivity index (χ1v) is 5.45. The molecule has 1 aromatic heterocycles. The Morgan fingerprint density at radius 2 is 2.32 bits per heavy atom. The zero-order chi connectivity index (χ0) is 13.8. The van der Waals surface area contributed by atoms with Gasteiger partial charge in [0.1, 0.15) is 11.4 Å². The van der Waals surface area contributed by atoms with Crippen molar-refractivity contribution < 1.29 is 14.2 Å². The Kier molecular flexibility index (Phi) is 3.60. The largest absolute Gasteiger partial charge is 0.497 e. The lowest BCUT2D eigenvalue weighted by Crippen LogP contribution is -2.03. The van der Waals surface area contributed by atoms with Crippen LogP contribution in [-0.2, 0) is 6.54 Å². The van der Waals surface area contributed by atoms with E-state index >= 15 is 0 Å². The van der Waals surface area contributed by atoms with E-state index in [0.717, 1.165) is 0 Å². The van der Waals surface area contributed by atoms with Crippen LogP contribution in [0, 0.1) is 17.0 Å². The van der Waals surface area contributed by atoms with Crippen molar-refractivity contribution in [2.75, 3.05) is 12.4 Å². The second-order valence-corrected chi connectivity index (χ2v) is 3.73. The molecule has 8 heteroatoms. The Morgan fingerprint density at radius 1 is 1.53 bits per heavy atom. The minimum Gasteiger partial charge on any atom is -0.497 e. The van der Waals surface area contributed by atoms with Crippen molar-refractivity contribution in [3.63, 3.8) is 0 Å². The van der Waals surface area contributed by atoms with Crippen LogP contribution in [0.15, 0.2) is 22.7 Å². The molecule has 0 aliphatic heterocycles. The van der Waals surface area contributed by atoms with Crippen molar-refractivity contribution in [3.05, 3.63) is 40.0 Å². The molecule has 0 fully saturated rings. The highest BCUT2D eigenvalue weighted by Gasteiger charge is 2.15. The normalized spacial score (nSPS) is 10.2. The Bertz CT molecular complexity index is 596. The van der Waals surface area contributed by atoms with Crippen LogP contribution >= 0.6 is 0 Å². The fraction of sp³-hybridized carbons (Fsp3) is 0.273. The molecule has 2 rings (SSSR count). The predicted molar refractivity (Wildman–Crippen MR) is 66.0 cm³/mol. The summed E-state index contributed by atoms with van der Waals surface area (Å²) in [6, 6.07) is 4.45. The number of nitrogens with one attached hydrogen (secondary N) is 1. The average Bonchev–Trinajstić information content (AvgIpc) is 2.81. The molecular weight excluding hydrogens is 252 g/mol. The molecule has 1 N–H and O–H groups in total. The molecule has 19 heavy (non-hydrogen) atoms. The van der Waals surface area contributed by atoms with Crippen LogP contribution in [-0.4, -0.2) is 22.2 Å². The number of aromatic nitrogens is 2. The van der Waals surface area contributed by atoms with E-state index in [1.54, 1.807) is 13.0 Å². The van der Waals surface area contributed by atoms with E-state index < -0.39 is 4.92 Å². The Morgan fingerprint density at radius 3 is 2.89 bits per heavy atom. The summed E-state index contributed by atoms with van der Waals surface area (Å²) >= 11 is 0. The predicted octanol–water partition coefficient (Wildman–Crippen LogP) is 1.91. The third-order valence-electron chi connectivity index (χ3n) is 2.40. The van der Waals surface area contributed by atoms with Gasteiger partial charge in [-0.2, -0.15) is 4.98 Å². The number of hydrogen-bond acceptors (Lipinski definition) is 7. The summed E-state index contributed by atoms with van der Waals surface area (Å²) < 4.78 is 9.95. The van der Waals surface area contributed by atoms with E-state index in [4.69, 9.17) is 9.26 Å². The number of hydrogen-bond donors (Lipinski definition) is 1. The lowest BCUT2D eigenvalue weighted by molar-refractivity contribution is -0.384. The molecule has 1 heterocycles. The molecule has 1 aromatic carbocycles. The molecule has 0 bridgehead atoms. The number of aryl methyl sites for hydroxylation is 1. The fourth-order valence-electron chi connectivity index (χ4n) is 1.53. The first-order valence-electron chi connectivity index (χ1n) is 5.45. The highest BCUT2D eigenvalue weighted by Crippen LogP contribution is 2.29. The molecule has 0 aliphatic rings. The molecule has 0 saturated carbocycles. The maximum absolute atomic E-state index is 10.9. The minimum absolute atomic E-state index is 0.0444. The summed E-state index contributed by atoms with van der Waals surface area (Å²) in [7, 11) is 1.49. The molecule has 0 aliphatic carbocycles. The van der Waals surface area contributed by atoms with Crippen molar-refractivity contribution in [2.24, 2.45) is 0 Å². The van der Waals surface area contributed by atoms with Crippen LogP contribution in [0.3, 0.4) is 0 Å². The average molecular weight is 264 g/mol.